The van der Waals surface area contributed by atoms with E-state index in [1.54, 1.807) is 20.0 Å². The average molecular weight is 371 g/mol. The maximum Gasteiger partial charge on any atom is 0.225 e. The zero-order chi connectivity index (χ0) is 16.8. The number of tetrazole rings is 1. The molecule has 1 aromatic carbocycles. The molecular formula is C18H20N5S2+. The van der Waals surface area contributed by atoms with Gasteiger partial charge in [0.05, 0.1) is 12.2 Å². The summed E-state index contributed by atoms with van der Waals surface area (Å²) in [6.45, 7) is 1.94. The molecule has 3 heterocycles. The largest absolute Gasteiger partial charge is 0.309 e. The summed E-state index contributed by atoms with van der Waals surface area (Å²) in [6.07, 6.45) is 3.86. The molecule has 5 nitrogen and oxygen atoms in total. The molecule has 7 heteroatoms. The van der Waals surface area contributed by atoms with Crippen LogP contribution in [0.4, 0.5) is 0 Å². The standard InChI is InChI=1S/C18H19N5S2/c24-18-22(19-20-23(18)14-4-2-1-3-5-14)12-21-10-8-16-15(9-11-25-16)17(21)13-6-7-13/h1-5,9,11,13,17H,6-8,10,12H2/p+1/t17-/m0/s1. The fourth-order valence-corrected chi connectivity index (χ4v) is 5.14. The van der Waals surface area contributed by atoms with Crippen LogP contribution in [-0.2, 0) is 13.1 Å². The summed E-state index contributed by atoms with van der Waals surface area (Å²) >= 11 is 7.56. The normalized spacial score (nSPS) is 22.7. The number of benzene rings is 1. The average Bonchev–Trinajstić information content (AvgIpc) is 3.25. The minimum Gasteiger partial charge on any atom is -0.309 e. The molecule has 0 radical (unpaired) electrons. The molecule has 0 saturated heterocycles. The molecule has 1 saturated carbocycles. The van der Waals surface area contributed by atoms with Crippen molar-refractivity contribution in [2.24, 2.45) is 5.92 Å². The molecule has 1 unspecified atom stereocenters. The van der Waals surface area contributed by atoms with Gasteiger partial charge >= 0.3 is 0 Å². The van der Waals surface area contributed by atoms with Gasteiger partial charge in [-0.1, -0.05) is 18.2 Å². The Morgan fingerprint density at radius 1 is 1.16 bits per heavy atom. The third-order valence-corrected chi connectivity index (χ3v) is 6.69. The summed E-state index contributed by atoms with van der Waals surface area (Å²) in [5, 5.41) is 10.9. The lowest BCUT2D eigenvalue weighted by Crippen LogP contribution is -3.13. The lowest BCUT2D eigenvalue weighted by molar-refractivity contribution is -0.958. The van der Waals surface area contributed by atoms with Crippen LogP contribution >= 0.6 is 23.6 Å². The van der Waals surface area contributed by atoms with Crippen molar-refractivity contribution in [3.8, 4) is 5.69 Å². The fourth-order valence-electron chi connectivity index (χ4n) is 3.97. The van der Waals surface area contributed by atoms with E-state index < -0.39 is 0 Å². The molecule has 3 aromatic rings. The molecule has 0 spiro atoms. The first-order valence-electron chi connectivity index (χ1n) is 8.80. The Hall–Kier alpha value is -1.83. The van der Waals surface area contributed by atoms with E-state index in [2.05, 4.69) is 21.9 Å². The SMILES string of the molecule is S=c1n(C[NH+]2CCc3sccc3[C@@H]2C2CC2)nnn1-c1ccccc1. The Labute approximate surface area is 155 Å². The van der Waals surface area contributed by atoms with Crippen molar-refractivity contribution < 1.29 is 4.90 Å². The van der Waals surface area contributed by atoms with Crippen LogP contribution in [0.2, 0.25) is 0 Å². The van der Waals surface area contributed by atoms with Crippen LogP contribution in [0.1, 0.15) is 29.3 Å². The monoisotopic (exact) mass is 370 g/mol. The van der Waals surface area contributed by atoms with E-state index in [1.807, 2.05) is 46.4 Å². The Bertz CT molecular complexity index is 938. The molecular weight excluding hydrogens is 350 g/mol. The van der Waals surface area contributed by atoms with Crippen molar-refractivity contribution in [1.82, 2.24) is 19.8 Å². The second kappa shape index (κ2) is 6.16. The van der Waals surface area contributed by atoms with Gasteiger partial charge in [0, 0.05) is 22.8 Å². The van der Waals surface area contributed by atoms with Gasteiger partial charge in [0.2, 0.25) is 4.77 Å². The quantitative estimate of drug-likeness (QED) is 0.717. The molecule has 25 heavy (non-hydrogen) atoms. The Morgan fingerprint density at radius 3 is 2.80 bits per heavy atom. The topological polar surface area (TPSA) is 40.1 Å². The van der Waals surface area contributed by atoms with Crippen LogP contribution in [0.15, 0.2) is 41.8 Å². The third-order valence-electron chi connectivity index (χ3n) is 5.31. The number of rotatable bonds is 4. The highest BCUT2D eigenvalue weighted by atomic mass is 32.1. The van der Waals surface area contributed by atoms with Crippen molar-refractivity contribution in [2.75, 3.05) is 6.54 Å². The van der Waals surface area contributed by atoms with Crippen molar-refractivity contribution in [3.05, 3.63) is 57.0 Å². The summed E-state index contributed by atoms with van der Waals surface area (Å²) in [7, 11) is 0. The van der Waals surface area contributed by atoms with E-state index in [-0.39, 0.29) is 0 Å². The van der Waals surface area contributed by atoms with Crippen LogP contribution in [0.5, 0.6) is 0 Å². The van der Waals surface area contributed by atoms with E-state index in [1.165, 1.54) is 12.8 Å². The molecule has 1 aliphatic heterocycles. The predicted octanol–water partition coefficient (Wildman–Crippen LogP) is 2.41. The fraction of sp³-hybridized carbons (Fsp3) is 0.389. The maximum atomic E-state index is 5.65. The van der Waals surface area contributed by atoms with Gasteiger partial charge in [0.15, 0.2) is 6.67 Å². The molecule has 1 fully saturated rings. The first kappa shape index (κ1) is 15.4. The number of hydrogen-bond acceptors (Lipinski definition) is 4. The minimum absolute atomic E-state index is 0.596. The molecule has 0 bridgehead atoms. The number of nitrogens with zero attached hydrogens (tertiary/aromatic N) is 4. The zero-order valence-electron chi connectivity index (χ0n) is 13.8. The Balaban J connectivity index is 1.44. The number of thiophene rings is 1. The number of fused-ring (bicyclic) bond motifs is 1. The van der Waals surface area contributed by atoms with Crippen molar-refractivity contribution in [1.29, 1.82) is 0 Å². The highest BCUT2D eigenvalue weighted by Gasteiger charge is 2.43. The van der Waals surface area contributed by atoms with Gasteiger partial charge in [0.1, 0.15) is 6.04 Å². The summed E-state index contributed by atoms with van der Waals surface area (Å²) < 4.78 is 4.31. The first-order valence-corrected chi connectivity index (χ1v) is 10.1. The first-order chi connectivity index (χ1) is 12.3. The van der Waals surface area contributed by atoms with Gasteiger partial charge < -0.3 is 4.90 Å². The summed E-state index contributed by atoms with van der Waals surface area (Å²) in [6, 6.07) is 12.9. The van der Waals surface area contributed by atoms with Crippen LogP contribution < -0.4 is 4.90 Å². The van der Waals surface area contributed by atoms with E-state index >= 15 is 0 Å². The lowest BCUT2D eigenvalue weighted by Gasteiger charge is -2.32. The van der Waals surface area contributed by atoms with Crippen LogP contribution in [0, 0.1) is 10.7 Å². The van der Waals surface area contributed by atoms with E-state index in [9.17, 15) is 0 Å². The van der Waals surface area contributed by atoms with Crippen LogP contribution in [0.3, 0.4) is 0 Å². The summed E-state index contributed by atoms with van der Waals surface area (Å²) in [5.41, 5.74) is 2.53. The number of para-hydroxylation sites is 1. The summed E-state index contributed by atoms with van der Waals surface area (Å²) in [5.74, 6) is 0.821. The van der Waals surface area contributed by atoms with Gasteiger partial charge in [-0.25, -0.2) is 0 Å². The van der Waals surface area contributed by atoms with E-state index in [0.29, 0.717) is 10.8 Å². The zero-order valence-corrected chi connectivity index (χ0v) is 15.5. The molecule has 0 amide bonds. The van der Waals surface area contributed by atoms with E-state index in [4.69, 9.17) is 12.2 Å². The summed E-state index contributed by atoms with van der Waals surface area (Å²) in [4.78, 5) is 3.15. The highest BCUT2D eigenvalue weighted by molar-refractivity contribution is 7.71. The Kier molecular flexibility index (Phi) is 3.80. The smallest absolute Gasteiger partial charge is 0.225 e. The Morgan fingerprint density at radius 2 is 2.00 bits per heavy atom. The molecule has 2 aromatic heterocycles. The number of hydrogen-bond donors (Lipinski definition) is 1. The number of nitrogens with one attached hydrogen (secondary N) is 1. The lowest BCUT2D eigenvalue weighted by atomic mass is 9.96. The van der Waals surface area contributed by atoms with Gasteiger partial charge in [-0.05, 0) is 59.1 Å². The van der Waals surface area contributed by atoms with Crippen molar-refractivity contribution in [3.63, 3.8) is 0 Å². The van der Waals surface area contributed by atoms with Gasteiger partial charge in [0.25, 0.3) is 0 Å². The molecule has 128 valence electrons. The second-order valence-corrected chi connectivity index (χ2v) is 8.30. The molecule has 5 rings (SSSR count). The molecule has 1 N–H and O–H groups in total. The van der Waals surface area contributed by atoms with Crippen molar-refractivity contribution >= 4 is 23.6 Å². The maximum absolute atomic E-state index is 5.65. The predicted molar refractivity (Wildman–Crippen MR) is 99.5 cm³/mol. The molecule has 1 aliphatic carbocycles. The van der Waals surface area contributed by atoms with Gasteiger partial charge in [-0.15, -0.1) is 11.3 Å². The van der Waals surface area contributed by atoms with Crippen molar-refractivity contribution in [2.45, 2.75) is 32.0 Å². The van der Waals surface area contributed by atoms with Gasteiger partial charge in [-0.2, -0.15) is 9.36 Å². The van der Waals surface area contributed by atoms with Gasteiger partial charge in [-0.3, -0.25) is 0 Å². The molecule has 2 atom stereocenters. The molecule has 2 aliphatic rings. The number of aromatic nitrogens is 4. The third kappa shape index (κ3) is 2.76. The minimum atomic E-state index is 0.596. The number of quaternary nitrogens is 1. The second-order valence-electron chi connectivity index (χ2n) is 6.94. The van der Waals surface area contributed by atoms with Crippen LogP contribution in [0.25, 0.3) is 5.69 Å². The van der Waals surface area contributed by atoms with Crippen LogP contribution in [-0.4, -0.2) is 26.3 Å². The van der Waals surface area contributed by atoms with E-state index in [0.717, 1.165) is 31.2 Å². The highest BCUT2D eigenvalue weighted by Crippen LogP contribution is 2.42.